The Labute approximate surface area is 127 Å². The molecule has 0 aliphatic carbocycles. The van der Waals surface area contributed by atoms with Gasteiger partial charge in [-0.25, -0.2) is 0 Å². The standard InChI is InChI=1S/C15H24N2O2.ClH/c1-12-6-7-14(11-13(12)2)19-10-4-5-15(18)17-9-8-16-3;/h6-7,11,16H,4-5,8-10H2,1-3H3,(H,17,18);1H. The van der Waals surface area contributed by atoms with E-state index in [2.05, 4.69) is 30.5 Å². The molecule has 0 spiro atoms. The minimum atomic E-state index is 0. The van der Waals surface area contributed by atoms with Crippen LogP contribution in [0.5, 0.6) is 5.75 Å². The summed E-state index contributed by atoms with van der Waals surface area (Å²) in [5.74, 6) is 0.956. The Bertz CT molecular complexity index is 411. The normalized spacial score (nSPS) is 9.75. The number of benzene rings is 1. The molecule has 5 heteroatoms. The molecule has 1 aromatic rings. The molecule has 0 atom stereocenters. The van der Waals surface area contributed by atoms with Crippen LogP contribution >= 0.6 is 12.4 Å². The first kappa shape index (κ1) is 18.7. The van der Waals surface area contributed by atoms with Crippen molar-refractivity contribution in [2.24, 2.45) is 0 Å². The van der Waals surface area contributed by atoms with Crippen LogP contribution in [0.15, 0.2) is 18.2 Å². The minimum Gasteiger partial charge on any atom is -0.494 e. The van der Waals surface area contributed by atoms with Gasteiger partial charge in [0.1, 0.15) is 5.75 Å². The van der Waals surface area contributed by atoms with Gasteiger partial charge in [0.2, 0.25) is 5.91 Å². The lowest BCUT2D eigenvalue weighted by Gasteiger charge is -2.08. The zero-order chi connectivity index (χ0) is 14.1. The highest BCUT2D eigenvalue weighted by molar-refractivity contribution is 5.85. The number of hydrogen-bond donors (Lipinski definition) is 2. The van der Waals surface area contributed by atoms with E-state index in [1.165, 1.54) is 11.1 Å². The molecule has 114 valence electrons. The van der Waals surface area contributed by atoms with Gasteiger partial charge in [0, 0.05) is 19.5 Å². The fourth-order valence-electron chi connectivity index (χ4n) is 1.64. The third-order valence-corrected chi connectivity index (χ3v) is 2.99. The summed E-state index contributed by atoms with van der Waals surface area (Å²) < 4.78 is 5.63. The fourth-order valence-corrected chi connectivity index (χ4v) is 1.64. The highest BCUT2D eigenvalue weighted by Crippen LogP contribution is 2.16. The van der Waals surface area contributed by atoms with Crippen LogP contribution in [0.2, 0.25) is 0 Å². The SMILES string of the molecule is CNCCNC(=O)CCCOc1ccc(C)c(C)c1.Cl. The number of rotatable bonds is 8. The zero-order valence-corrected chi connectivity index (χ0v) is 13.3. The number of carbonyl (C=O) groups excluding carboxylic acids is 1. The Hall–Kier alpha value is -1.26. The molecule has 20 heavy (non-hydrogen) atoms. The van der Waals surface area contributed by atoms with E-state index in [-0.39, 0.29) is 18.3 Å². The van der Waals surface area contributed by atoms with Gasteiger partial charge in [-0.05, 0) is 50.6 Å². The molecule has 0 saturated heterocycles. The van der Waals surface area contributed by atoms with Crippen LogP contribution in [0.3, 0.4) is 0 Å². The summed E-state index contributed by atoms with van der Waals surface area (Å²) in [5, 5.41) is 5.82. The predicted molar refractivity (Wildman–Crippen MR) is 84.8 cm³/mol. The first-order chi connectivity index (χ1) is 9.13. The molecular formula is C15H25ClN2O2. The largest absolute Gasteiger partial charge is 0.494 e. The van der Waals surface area contributed by atoms with E-state index >= 15 is 0 Å². The number of hydrogen-bond acceptors (Lipinski definition) is 3. The Kier molecular flexibility index (Phi) is 9.86. The van der Waals surface area contributed by atoms with Gasteiger partial charge in [-0.2, -0.15) is 0 Å². The Balaban J connectivity index is 0.00000361. The fraction of sp³-hybridized carbons (Fsp3) is 0.533. The molecule has 0 saturated carbocycles. The van der Waals surface area contributed by atoms with Crippen molar-refractivity contribution in [1.29, 1.82) is 0 Å². The molecule has 0 unspecified atom stereocenters. The molecule has 1 aromatic carbocycles. The lowest BCUT2D eigenvalue weighted by molar-refractivity contribution is -0.121. The van der Waals surface area contributed by atoms with Gasteiger partial charge in [0.25, 0.3) is 0 Å². The van der Waals surface area contributed by atoms with Crippen molar-refractivity contribution in [2.45, 2.75) is 26.7 Å². The third kappa shape index (κ3) is 7.36. The van der Waals surface area contributed by atoms with Crippen LogP contribution in [-0.2, 0) is 4.79 Å². The summed E-state index contributed by atoms with van der Waals surface area (Å²) in [6, 6.07) is 6.05. The summed E-state index contributed by atoms with van der Waals surface area (Å²) in [6.07, 6.45) is 1.24. The molecule has 1 rings (SSSR count). The van der Waals surface area contributed by atoms with Gasteiger partial charge in [0.05, 0.1) is 6.61 Å². The smallest absolute Gasteiger partial charge is 0.220 e. The summed E-state index contributed by atoms with van der Waals surface area (Å²) in [7, 11) is 1.86. The number of nitrogens with one attached hydrogen (secondary N) is 2. The third-order valence-electron chi connectivity index (χ3n) is 2.99. The van der Waals surface area contributed by atoms with Crippen LogP contribution in [0, 0.1) is 13.8 Å². The van der Waals surface area contributed by atoms with Gasteiger partial charge < -0.3 is 15.4 Å². The van der Waals surface area contributed by atoms with Crippen molar-refractivity contribution in [1.82, 2.24) is 10.6 Å². The van der Waals surface area contributed by atoms with Crippen LogP contribution in [-0.4, -0.2) is 32.7 Å². The van der Waals surface area contributed by atoms with E-state index in [0.717, 1.165) is 18.7 Å². The van der Waals surface area contributed by atoms with E-state index in [4.69, 9.17) is 4.74 Å². The van der Waals surface area contributed by atoms with Gasteiger partial charge in [0.15, 0.2) is 0 Å². The highest BCUT2D eigenvalue weighted by atomic mass is 35.5. The lowest BCUT2D eigenvalue weighted by atomic mass is 10.1. The summed E-state index contributed by atoms with van der Waals surface area (Å²) in [4.78, 5) is 11.4. The number of amides is 1. The molecule has 0 fully saturated rings. The highest BCUT2D eigenvalue weighted by Gasteiger charge is 2.01. The maximum atomic E-state index is 11.4. The first-order valence-electron chi connectivity index (χ1n) is 6.75. The number of likely N-dealkylation sites (N-methyl/N-ethyl adjacent to an activating group) is 1. The lowest BCUT2D eigenvalue weighted by Crippen LogP contribution is -2.30. The zero-order valence-electron chi connectivity index (χ0n) is 12.5. The molecule has 0 aromatic heterocycles. The van der Waals surface area contributed by atoms with Crippen LogP contribution in [0.25, 0.3) is 0 Å². The topological polar surface area (TPSA) is 50.4 Å². The molecule has 0 aliphatic rings. The average Bonchev–Trinajstić information content (AvgIpc) is 2.39. The number of aryl methyl sites for hydroxylation is 2. The van der Waals surface area contributed by atoms with Gasteiger partial charge >= 0.3 is 0 Å². The minimum absolute atomic E-state index is 0. The second-order valence-corrected chi connectivity index (χ2v) is 4.65. The second-order valence-electron chi connectivity index (χ2n) is 4.65. The Morgan fingerprint density at radius 1 is 1.20 bits per heavy atom. The average molecular weight is 301 g/mol. The van der Waals surface area contributed by atoms with Gasteiger partial charge in [-0.15, -0.1) is 12.4 Å². The number of halogens is 1. The molecule has 0 heterocycles. The van der Waals surface area contributed by atoms with Crippen molar-refractivity contribution in [3.05, 3.63) is 29.3 Å². The summed E-state index contributed by atoms with van der Waals surface area (Å²) >= 11 is 0. The van der Waals surface area contributed by atoms with Crippen molar-refractivity contribution in [3.63, 3.8) is 0 Å². The molecule has 0 radical (unpaired) electrons. The van der Waals surface area contributed by atoms with Gasteiger partial charge in [-0.1, -0.05) is 6.07 Å². The van der Waals surface area contributed by atoms with Crippen molar-refractivity contribution in [3.8, 4) is 5.75 Å². The van der Waals surface area contributed by atoms with E-state index in [0.29, 0.717) is 19.6 Å². The predicted octanol–water partition coefficient (Wildman–Crippen LogP) is 2.22. The summed E-state index contributed by atoms with van der Waals surface area (Å²) in [6.45, 7) is 6.19. The maximum Gasteiger partial charge on any atom is 0.220 e. The maximum absolute atomic E-state index is 11.4. The molecule has 1 amide bonds. The molecule has 0 bridgehead atoms. The Morgan fingerprint density at radius 2 is 1.95 bits per heavy atom. The van der Waals surface area contributed by atoms with E-state index in [9.17, 15) is 4.79 Å². The molecule has 0 aliphatic heterocycles. The second kappa shape index (κ2) is 10.5. The quantitative estimate of drug-likeness (QED) is 0.724. The van der Waals surface area contributed by atoms with Gasteiger partial charge in [-0.3, -0.25) is 4.79 Å². The monoisotopic (exact) mass is 300 g/mol. The Morgan fingerprint density at radius 3 is 2.60 bits per heavy atom. The molecular weight excluding hydrogens is 276 g/mol. The number of carbonyl (C=O) groups is 1. The van der Waals surface area contributed by atoms with Crippen molar-refractivity contribution in [2.75, 3.05) is 26.7 Å². The van der Waals surface area contributed by atoms with Crippen LogP contribution in [0.4, 0.5) is 0 Å². The van der Waals surface area contributed by atoms with Crippen LogP contribution in [0.1, 0.15) is 24.0 Å². The van der Waals surface area contributed by atoms with E-state index < -0.39 is 0 Å². The van der Waals surface area contributed by atoms with E-state index in [1.54, 1.807) is 0 Å². The first-order valence-corrected chi connectivity index (χ1v) is 6.75. The van der Waals surface area contributed by atoms with Crippen LogP contribution < -0.4 is 15.4 Å². The summed E-state index contributed by atoms with van der Waals surface area (Å²) in [5.41, 5.74) is 2.48. The number of ether oxygens (including phenoxy) is 1. The van der Waals surface area contributed by atoms with Crippen molar-refractivity contribution >= 4 is 18.3 Å². The van der Waals surface area contributed by atoms with Crippen molar-refractivity contribution < 1.29 is 9.53 Å². The molecule has 2 N–H and O–H groups in total. The molecule has 4 nitrogen and oxygen atoms in total. The van der Waals surface area contributed by atoms with E-state index in [1.807, 2.05) is 19.2 Å².